The largest absolute Gasteiger partial charge is 0.357 e. The normalized spacial score (nSPS) is 15.3. The summed E-state index contributed by atoms with van der Waals surface area (Å²) in [4.78, 5) is 18.1. The van der Waals surface area contributed by atoms with Gasteiger partial charge >= 0.3 is 0 Å². The fourth-order valence-electron chi connectivity index (χ4n) is 3.42. The average Bonchev–Trinajstić information content (AvgIpc) is 2.78. The Hall–Kier alpha value is -2.67. The van der Waals surface area contributed by atoms with Gasteiger partial charge in [-0.3, -0.25) is 9.89 Å². The summed E-state index contributed by atoms with van der Waals surface area (Å²) < 4.78 is 0. The van der Waals surface area contributed by atoms with Crippen molar-refractivity contribution < 1.29 is 0 Å². The molecule has 0 saturated carbocycles. The van der Waals surface area contributed by atoms with Crippen molar-refractivity contribution in [3.63, 3.8) is 0 Å². The summed E-state index contributed by atoms with van der Waals surface area (Å²) in [6, 6.07) is 12.5. The summed E-state index contributed by atoms with van der Waals surface area (Å²) in [5.74, 6) is 1.75. The van der Waals surface area contributed by atoms with E-state index in [1.807, 2.05) is 6.07 Å². The van der Waals surface area contributed by atoms with E-state index in [0.717, 1.165) is 77.1 Å². The zero-order valence-electron chi connectivity index (χ0n) is 17.4. The van der Waals surface area contributed by atoms with Crippen LogP contribution in [-0.4, -0.2) is 73.2 Å². The van der Waals surface area contributed by atoms with Crippen molar-refractivity contribution in [2.45, 2.75) is 19.8 Å². The van der Waals surface area contributed by atoms with E-state index in [-0.39, 0.29) is 0 Å². The van der Waals surface area contributed by atoms with Crippen LogP contribution in [0.25, 0.3) is 0 Å². The van der Waals surface area contributed by atoms with Crippen molar-refractivity contribution in [2.75, 3.05) is 57.3 Å². The predicted octanol–water partition coefficient (Wildman–Crippen LogP) is 1.79. The van der Waals surface area contributed by atoms with E-state index < -0.39 is 0 Å². The molecule has 0 radical (unpaired) electrons. The Morgan fingerprint density at radius 2 is 1.76 bits per heavy atom. The van der Waals surface area contributed by atoms with Gasteiger partial charge in [-0.25, -0.2) is 9.97 Å². The highest BCUT2D eigenvalue weighted by Crippen LogP contribution is 2.09. The van der Waals surface area contributed by atoms with Crippen molar-refractivity contribution in [3.8, 4) is 0 Å². The van der Waals surface area contributed by atoms with E-state index in [2.05, 4.69) is 67.7 Å². The third kappa shape index (κ3) is 7.34. The number of rotatable bonds is 9. The minimum Gasteiger partial charge on any atom is -0.357 e. The zero-order chi connectivity index (χ0) is 20.2. The van der Waals surface area contributed by atoms with Crippen molar-refractivity contribution in [1.29, 1.82) is 0 Å². The Morgan fingerprint density at radius 3 is 2.48 bits per heavy atom. The molecule has 1 aliphatic rings. The number of piperazine rings is 1. The molecule has 0 unspecified atom stereocenters. The average molecular weight is 396 g/mol. The van der Waals surface area contributed by atoms with Gasteiger partial charge in [0.1, 0.15) is 0 Å². The Kier molecular flexibility index (Phi) is 8.72. The molecule has 3 rings (SSSR count). The molecule has 2 N–H and O–H groups in total. The molecule has 2 aromatic rings. The zero-order valence-corrected chi connectivity index (χ0v) is 17.4. The lowest BCUT2D eigenvalue weighted by Crippen LogP contribution is -2.49. The lowest BCUT2D eigenvalue weighted by molar-refractivity contribution is 0.260. The number of aromatic nitrogens is 2. The third-order valence-corrected chi connectivity index (χ3v) is 5.01. The van der Waals surface area contributed by atoms with E-state index >= 15 is 0 Å². The minimum atomic E-state index is 0.833. The van der Waals surface area contributed by atoms with Crippen LogP contribution in [0.5, 0.6) is 0 Å². The van der Waals surface area contributed by atoms with Crippen molar-refractivity contribution in [3.05, 3.63) is 54.4 Å². The monoisotopic (exact) mass is 395 g/mol. The van der Waals surface area contributed by atoms with Gasteiger partial charge in [0.05, 0.1) is 0 Å². The molecular weight excluding hydrogens is 362 g/mol. The quantitative estimate of drug-likeness (QED) is 0.383. The number of hydrogen-bond acceptors (Lipinski definition) is 5. The van der Waals surface area contributed by atoms with Gasteiger partial charge in [0.2, 0.25) is 5.95 Å². The summed E-state index contributed by atoms with van der Waals surface area (Å²) in [6.45, 7) is 9.72. The van der Waals surface area contributed by atoms with Gasteiger partial charge in [0, 0.05) is 64.8 Å². The molecule has 0 spiro atoms. The summed E-state index contributed by atoms with van der Waals surface area (Å²) in [7, 11) is 0. The number of aryl methyl sites for hydroxylation is 1. The SMILES string of the molecule is CCNC(=NCCCc1ccccc1)NCCN1CCN(c2ncccn2)CC1. The van der Waals surface area contributed by atoms with Gasteiger partial charge in [0.25, 0.3) is 0 Å². The van der Waals surface area contributed by atoms with E-state index in [1.165, 1.54) is 5.56 Å². The van der Waals surface area contributed by atoms with Crippen LogP contribution in [0, 0.1) is 0 Å². The summed E-state index contributed by atoms with van der Waals surface area (Å²) in [5, 5.41) is 6.81. The second-order valence-electron chi connectivity index (χ2n) is 7.15. The fourth-order valence-corrected chi connectivity index (χ4v) is 3.42. The maximum absolute atomic E-state index is 4.71. The second kappa shape index (κ2) is 12.0. The number of anilines is 1. The highest BCUT2D eigenvalue weighted by molar-refractivity contribution is 5.79. The van der Waals surface area contributed by atoms with Gasteiger partial charge in [0.15, 0.2) is 5.96 Å². The van der Waals surface area contributed by atoms with Crippen LogP contribution < -0.4 is 15.5 Å². The van der Waals surface area contributed by atoms with Gasteiger partial charge < -0.3 is 15.5 Å². The molecule has 0 atom stereocenters. The van der Waals surface area contributed by atoms with Crippen LogP contribution in [0.3, 0.4) is 0 Å². The molecule has 0 aliphatic carbocycles. The number of nitrogens with one attached hydrogen (secondary N) is 2. The van der Waals surface area contributed by atoms with E-state index in [1.54, 1.807) is 12.4 Å². The van der Waals surface area contributed by atoms with Crippen LogP contribution in [0.1, 0.15) is 18.9 Å². The maximum atomic E-state index is 4.71. The molecule has 1 fully saturated rings. The number of benzene rings is 1. The Bertz CT molecular complexity index is 712. The third-order valence-electron chi connectivity index (χ3n) is 5.01. The molecule has 1 aliphatic heterocycles. The van der Waals surface area contributed by atoms with Gasteiger partial charge in [-0.15, -0.1) is 0 Å². The Labute approximate surface area is 174 Å². The van der Waals surface area contributed by atoms with Gasteiger partial charge in [-0.2, -0.15) is 0 Å². The lowest BCUT2D eigenvalue weighted by atomic mass is 10.1. The van der Waals surface area contributed by atoms with Crippen LogP contribution >= 0.6 is 0 Å². The summed E-state index contributed by atoms with van der Waals surface area (Å²) in [5.41, 5.74) is 1.38. The first-order valence-electron chi connectivity index (χ1n) is 10.7. The predicted molar refractivity (Wildman–Crippen MR) is 119 cm³/mol. The number of hydrogen-bond donors (Lipinski definition) is 2. The lowest BCUT2D eigenvalue weighted by Gasteiger charge is -2.34. The molecule has 1 aromatic carbocycles. The van der Waals surface area contributed by atoms with Gasteiger partial charge in [-0.1, -0.05) is 30.3 Å². The topological polar surface area (TPSA) is 68.7 Å². The number of guanidine groups is 1. The van der Waals surface area contributed by atoms with Crippen LogP contribution in [0.4, 0.5) is 5.95 Å². The number of aliphatic imine (C=N–C) groups is 1. The van der Waals surface area contributed by atoms with E-state index in [9.17, 15) is 0 Å². The first-order valence-corrected chi connectivity index (χ1v) is 10.7. The molecule has 29 heavy (non-hydrogen) atoms. The van der Waals surface area contributed by atoms with Crippen molar-refractivity contribution in [1.82, 2.24) is 25.5 Å². The molecular formula is C22H33N7. The maximum Gasteiger partial charge on any atom is 0.225 e. The van der Waals surface area contributed by atoms with Crippen LogP contribution in [0.2, 0.25) is 0 Å². The molecule has 156 valence electrons. The smallest absolute Gasteiger partial charge is 0.225 e. The van der Waals surface area contributed by atoms with Crippen molar-refractivity contribution in [2.24, 2.45) is 4.99 Å². The van der Waals surface area contributed by atoms with Crippen LogP contribution in [-0.2, 0) is 6.42 Å². The Morgan fingerprint density at radius 1 is 1.00 bits per heavy atom. The first kappa shape index (κ1) is 21.0. The highest BCUT2D eigenvalue weighted by Gasteiger charge is 2.18. The van der Waals surface area contributed by atoms with Crippen LogP contribution in [0.15, 0.2) is 53.8 Å². The van der Waals surface area contributed by atoms with E-state index in [4.69, 9.17) is 4.99 Å². The van der Waals surface area contributed by atoms with Gasteiger partial charge in [-0.05, 0) is 31.4 Å². The molecule has 1 saturated heterocycles. The Balaban J connectivity index is 1.34. The standard InChI is InChI=1S/C22H33N7/c1-2-23-21(24-11-6-10-20-8-4-3-5-9-20)25-14-15-28-16-18-29(19-17-28)22-26-12-7-13-27-22/h3-5,7-9,12-13H,2,6,10-11,14-19H2,1H3,(H2,23,24,25). The number of nitrogens with zero attached hydrogens (tertiary/aromatic N) is 5. The molecule has 7 heteroatoms. The fraction of sp³-hybridized carbons (Fsp3) is 0.500. The minimum absolute atomic E-state index is 0.833. The van der Waals surface area contributed by atoms with E-state index in [0.29, 0.717) is 0 Å². The molecule has 7 nitrogen and oxygen atoms in total. The first-order chi connectivity index (χ1) is 14.3. The second-order valence-corrected chi connectivity index (χ2v) is 7.15. The molecule has 1 aromatic heterocycles. The summed E-state index contributed by atoms with van der Waals surface area (Å²) >= 11 is 0. The molecule has 2 heterocycles. The molecule has 0 amide bonds. The molecule has 0 bridgehead atoms. The highest BCUT2D eigenvalue weighted by atomic mass is 15.3. The van der Waals surface area contributed by atoms with Crippen molar-refractivity contribution >= 4 is 11.9 Å². The summed E-state index contributed by atoms with van der Waals surface area (Å²) in [6.07, 6.45) is 5.74.